The Labute approximate surface area is 134 Å². The Kier molecular flexibility index (Phi) is 3.63. The number of amides is 1. The predicted molar refractivity (Wildman–Crippen MR) is 86.0 cm³/mol. The molecule has 0 aromatic carbocycles. The van der Waals surface area contributed by atoms with Gasteiger partial charge in [0.05, 0.1) is 18.0 Å². The van der Waals surface area contributed by atoms with Gasteiger partial charge in [0.1, 0.15) is 0 Å². The first kappa shape index (κ1) is 15.3. The fourth-order valence-electron chi connectivity index (χ4n) is 3.93. The van der Waals surface area contributed by atoms with Gasteiger partial charge in [0.15, 0.2) is 0 Å². The number of carbonyl (C=O) groups excluding carboxylic acids is 1. The van der Waals surface area contributed by atoms with Gasteiger partial charge in [-0.3, -0.25) is 9.59 Å². The first-order valence-electron chi connectivity index (χ1n) is 7.58. The van der Waals surface area contributed by atoms with Crippen LogP contribution >= 0.6 is 11.3 Å². The molecule has 0 aliphatic heterocycles. The molecule has 4 rings (SSSR count). The number of aliphatic carboxylic acids is 1. The lowest BCUT2D eigenvalue weighted by molar-refractivity contribution is -0.136. The molecule has 118 valence electrons. The summed E-state index contributed by atoms with van der Waals surface area (Å²) >= 11 is 1.31. The monoisotopic (exact) mass is 319 g/mol. The minimum Gasteiger partial charge on any atom is -0.481 e. The highest BCUT2D eigenvalue weighted by Gasteiger charge is 2.54. The van der Waals surface area contributed by atoms with Crippen LogP contribution in [0.25, 0.3) is 0 Å². The zero-order chi connectivity index (χ0) is 16.1. The van der Waals surface area contributed by atoms with E-state index in [1.54, 1.807) is 11.4 Å². The van der Waals surface area contributed by atoms with E-state index in [1.165, 1.54) is 17.8 Å². The van der Waals surface area contributed by atoms with Crippen LogP contribution < -0.4 is 5.32 Å². The van der Waals surface area contributed by atoms with E-state index in [1.807, 2.05) is 0 Å². The third-order valence-electron chi connectivity index (χ3n) is 5.49. The van der Waals surface area contributed by atoms with Gasteiger partial charge in [-0.25, -0.2) is 0 Å². The summed E-state index contributed by atoms with van der Waals surface area (Å²) < 4.78 is 0. The number of fused-ring (bicyclic) bond motifs is 2. The molecule has 22 heavy (non-hydrogen) atoms. The standard InChI is InChI=1S/C17H21NO3S/c1-9-12-6-10(17(12,2)3)7-13(9)18-16(21)11-4-5-22-14(11)8-15(19)20/h4-5,10,12-13H,1,6-8H2,2-3H3,(H,18,21)(H,19,20)/t10-,12+,13?/m1/s1. The van der Waals surface area contributed by atoms with Gasteiger partial charge < -0.3 is 10.4 Å². The van der Waals surface area contributed by atoms with Crippen LogP contribution in [-0.4, -0.2) is 23.0 Å². The van der Waals surface area contributed by atoms with Crippen molar-refractivity contribution in [2.45, 2.75) is 39.2 Å². The van der Waals surface area contributed by atoms with Crippen molar-refractivity contribution in [1.82, 2.24) is 5.32 Å². The average molecular weight is 319 g/mol. The van der Waals surface area contributed by atoms with Crippen molar-refractivity contribution in [2.24, 2.45) is 17.3 Å². The van der Waals surface area contributed by atoms with Crippen LogP contribution in [0.15, 0.2) is 23.6 Å². The largest absolute Gasteiger partial charge is 0.481 e. The molecule has 1 heterocycles. The molecule has 1 unspecified atom stereocenters. The van der Waals surface area contributed by atoms with E-state index >= 15 is 0 Å². The van der Waals surface area contributed by atoms with E-state index in [4.69, 9.17) is 5.11 Å². The minimum atomic E-state index is -0.915. The number of carboxylic acid groups (broad SMARTS) is 1. The maximum atomic E-state index is 12.5. The fraction of sp³-hybridized carbons (Fsp3) is 0.529. The van der Waals surface area contributed by atoms with Crippen LogP contribution in [0.1, 0.15) is 41.9 Å². The van der Waals surface area contributed by atoms with E-state index in [0.29, 0.717) is 27.7 Å². The van der Waals surface area contributed by atoms with Gasteiger partial charge in [-0.15, -0.1) is 11.3 Å². The highest BCUT2D eigenvalue weighted by Crippen LogP contribution is 2.60. The molecule has 3 aliphatic carbocycles. The molecular weight excluding hydrogens is 298 g/mol. The molecule has 1 aromatic rings. The molecule has 3 aliphatic rings. The van der Waals surface area contributed by atoms with E-state index in [2.05, 4.69) is 25.7 Å². The van der Waals surface area contributed by atoms with E-state index in [9.17, 15) is 9.59 Å². The summed E-state index contributed by atoms with van der Waals surface area (Å²) in [5.74, 6) is 0.0242. The van der Waals surface area contributed by atoms with Crippen LogP contribution in [0, 0.1) is 17.3 Å². The molecule has 3 fully saturated rings. The summed E-state index contributed by atoms with van der Waals surface area (Å²) in [7, 11) is 0. The third kappa shape index (κ3) is 2.37. The average Bonchev–Trinajstić information content (AvgIpc) is 2.87. The lowest BCUT2D eigenvalue weighted by atomic mass is 9.46. The lowest BCUT2D eigenvalue weighted by Gasteiger charge is -2.60. The number of carbonyl (C=O) groups is 2. The van der Waals surface area contributed by atoms with Crippen LogP contribution in [0.5, 0.6) is 0 Å². The van der Waals surface area contributed by atoms with Crippen molar-refractivity contribution < 1.29 is 14.7 Å². The molecule has 3 saturated carbocycles. The van der Waals surface area contributed by atoms with E-state index in [-0.39, 0.29) is 18.4 Å². The maximum Gasteiger partial charge on any atom is 0.308 e. The Bertz CT molecular complexity index is 646. The zero-order valence-corrected chi connectivity index (χ0v) is 13.7. The summed E-state index contributed by atoms with van der Waals surface area (Å²) in [6, 6.07) is 1.72. The summed E-state index contributed by atoms with van der Waals surface area (Å²) in [6.45, 7) is 8.76. The van der Waals surface area contributed by atoms with Gasteiger partial charge in [0.2, 0.25) is 0 Å². The van der Waals surface area contributed by atoms with Crippen molar-refractivity contribution in [3.8, 4) is 0 Å². The highest BCUT2D eigenvalue weighted by molar-refractivity contribution is 7.10. The number of carboxylic acids is 1. The Morgan fingerprint density at radius 3 is 2.77 bits per heavy atom. The number of hydrogen-bond donors (Lipinski definition) is 2. The van der Waals surface area contributed by atoms with Gasteiger partial charge >= 0.3 is 5.97 Å². The van der Waals surface area contributed by atoms with Gasteiger partial charge in [0.25, 0.3) is 5.91 Å². The van der Waals surface area contributed by atoms with Crippen LogP contribution in [0.2, 0.25) is 0 Å². The normalized spacial score (nSPS) is 28.8. The number of rotatable bonds is 4. The first-order chi connectivity index (χ1) is 10.3. The first-order valence-corrected chi connectivity index (χ1v) is 8.46. The zero-order valence-electron chi connectivity index (χ0n) is 12.9. The molecule has 4 nitrogen and oxygen atoms in total. The van der Waals surface area contributed by atoms with Gasteiger partial charge in [-0.1, -0.05) is 26.0 Å². The smallest absolute Gasteiger partial charge is 0.308 e. The molecule has 5 heteroatoms. The Morgan fingerprint density at radius 2 is 2.18 bits per heavy atom. The number of nitrogens with one attached hydrogen (secondary N) is 1. The Balaban J connectivity index is 1.70. The Hall–Kier alpha value is -1.62. The van der Waals surface area contributed by atoms with Crippen LogP contribution in [-0.2, 0) is 11.2 Å². The van der Waals surface area contributed by atoms with Crippen molar-refractivity contribution in [2.75, 3.05) is 0 Å². The van der Waals surface area contributed by atoms with Crippen molar-refractivity contribution >= 4 is 23.2 Å². The van der Waals surface area contributed by atoms with Gasteiger partial charge in [0, 0.05) is 4.88 Å². The molecule has 0 spiro atoms. The second-order valence-electron chi connectivity index (χ2n) is 6.97. The van der Waals surface area contributed by atoms with Gasteiger partial charge in [-0.05, 0) is 41.5 Å². The summed E-state index contributed by atoms with van der Waals surface area (Å²) in [5.41, 5.74) is 1.91. The predicted octanol–water partition coefficient (Wildman–Crippen LogP) is 3.10. The quantitative estimate of drug-likeness (QED) is 0.838. The lowest BCUT2D eigenvalue weighted by Crippen LogP contribution is -2.57. The molecular formula is C17H21NO3S. The third-order valence-corrected chi connectivity index (χ3v) is 6.41. The summed E-state index contributed by atoms with van der Waals surface area (Å²) in [6.07, 6.45) is 2.01. The van der Waals surface area contributed by atoms with Crippen molar-refractivity contribution in [3.05, 3.63) is 34.0 Å². The SMILES string of the molecule is C=C1C(NC(=O)c2ccsc2CC(=O)O)C[C@H]2C[C@@H]1C2(C)C. The fourth-order valence-corrected chi connectivity index (χ4v) is 4.79. The van der Waals surface area contributed by atoms with Crippen LogP contribution in [0.3, 0.4) is 0 Å². The van der Waals surface area contributed by atoms with E-state index < -0.39 is 5.97 Å². The Morgan fingerprint density at radius 1 is 1.45 bits per heavy atom. The molecule has 1 amide bonds. The molecule has 0 radical (unpaired) electrons. The molecule has 2 N–H and O–H groups in total. The number of hydrogen-bond acceptors (Lipinski definition) is 3. The van der Waals surface area contributed by atoms with Gasteiger partial charge in [-0.2, -0.15) is 0 Å². The van der Waals surface area contributed by atoms with Crippen molar-refractivity contribution in [1.29, 1.82) is 0 Å². The molecule has 2 bridgehead atoms. The minimum absolute atomic E-state index is 0.0156. The topological polar surface area (TPSA) is 66.4 Å². The second kappa shape index (κ2) is 5.23. The maximum absolute atomic E-state index is 12.5. The molecule has 0 saturated heterocycles. The molecule has 1 aromatic heterocycles. The number of thiophene rings is 1. The highest BCUT2D eigenvalue weighted by atomic mass is 32.1. The summed E-state index contributed by atoms with van der Waals surface area (Å²) in [4.78, 5) is 23.9. The second-order valence-corrected chi connectivity index (χ2v) is 7.97. The van der Waals surface area contributed by atoms with Crippen LogP contribution in [0.4, 0.5) is 0 Å². The molecule has 3 atom stereocenters. The van der Waals surface area contributed by atoms with Crippen molar-refractivity contribution in [3.63, 3.8) is 0 Å². The van der Waals surface area contributed by atoms with E-state index in [0.717, 1.165) is 12.0 Å². The summed E-state index contributed by atoms with van der Waals surface area (Å²) in [5, 5.41) is 13.7.